The molecule has 0 bridgehead atoms. The van der Waals surface area contributed by atoms with Crippen molar-refractivity contribution in [2.45, 2.75) is 52.4 Å². The first-order valence-corrected chi connectivity index (χ1v) is 7.13. The van der Waals surface area contributed by atoms with Crippen LogP contribution in [-0.2, 0) is 22.4 Å². The number of carbonyl (C=O) groups excluding carboxylic acids is 1. The van der Waals surface area contributed by atoms with E-state index < -0.39 is 0 Å². The molecule has 0 amide bonds. The minimum atomic E-state index is -0.298. The fourth-order valence-electron chi connectivity index (χ4n) is 2.04. The van der Waals surface area contributed by atoms with Crippen molar-refractivity contribution in [1.82, 2.24) is 0 Å². The summed E-state index contributed by atoms with van der Waals surface area (Å²) >= 11 is 0. The summed E-state index contributed by atoms with van der Waals surface area (Å²) in [5.41, 5.74) is 1.76. The summed E-state index contributed by atoms with van der Waals surface area (Å²) in [7, 11) is 0. The number of hydrogen-bond donors (Lipinski definition) is 1. The molecule has 1 N–H and O–H groups in total. The van der Waals surface area contributed by atoms with E-state index in [1.165, 1.54) is 19.3 Å². The van der Waals surface area contributed by atoms with Crippen molar-refractivity contribution in [3.63, 3.8) is 0 Å². The highest BCUT2D eigenvalue weighted by Crippen LogP contribution is 2.21. The van der Waals surface area contributed by atoms with E-state index in [2.05, 4.69) is 6.92 Å². The minimum absolute atomic E-state index is 0.135. The Morgan fingerprint density at radius 3 is 2.63 bits per heavy atom. The number of phenols is 1. The highest BCUT2D eigenvalue weighted by atomic mass is 16.5. The van der Waals surface area contributed by atoms with Gasteiger partial charge in [-0.25, -0.2) is 0 Å². The number of aryl methyl sites for hydroxylation is 1. The molecule has 0 aromatic heterocycles. The third-order valence-electron chi connectivity index (χ3n) is 3.11. The van der Waals surface area contributed by atoms with Gasteiger partial charge in [0.1, 0.15) is 5.75 Å². The quantitative estimate of drug-likeness (QED) is 0.576. The third kappa shape index (κ3) is 5.77. The van der Waals surface area contributed by atoms with Crippen molar-refractivity contribution < 1.29 is 14.6 Å². The molecular formula is C16H24O3. The number of benzene rings is 1. The van der Waals surface area contributed by atoms with E-state index in [1.807, 2.05) is 12.1 Å². The van der Waals surface area contributed by atoms with Gasteiger partial charge in [-0.05, 0) is 31.4 Å². The average molecular weight is 264 g/mol. The maximum absolute atomic E-state index is 11.4. The van der Waals surface area contributed by atoms with Crippen LogP contribution in [0.25, 0.3) is 0 Å². The van der Waals surface area contributed by atoms with Crippen LogP contribution in [0.15, 0.2) is 18.2 Å². The molecule has 106 valence electrons. The van der Waals surface area contributed by atoms with Crippen LogP contribution in [0.4, 0.5) is 0 Å². The second-order valence-electron chi connectivity index (χ2n) is 4.76. The average Bonchev–Trinajstić information content (AvgIpc) is 2.38. The summed E-state index contributed by atoms with van der Waals surface area (Å²) in [4.78, 5) is 11.4. The normalized spacial score (nSPS) is 10.4. The lowest BCUT2D eigenvalue weighted by molar-refractivity contribution is -0.142. The standard InChI is InChI=1S/C16H24O3/c1-3-5-6-7-8-13-9-10-14(15(17)11-13)12-16(18)19-4-2/h9-11,17H,3-8,12H2,1-2H3. The van der Waals surface area contributed by atoms with Gasteiger partial charge in [-0.2, -0.15) is 0 Å². The monoisotopic (exact) mass is 264 g/mol. The molecule has 0 spiro atoms. The van der Waals surface area contributed by atoms with Crippen LogP contribution < -0.4 is 0 Å². The van der Waals surface area contributed by atoms with Gasteiger partial charge >= 0.3 is 5.97 Å². The first kappa shape index (κ1) is 15.5. The molecule has 0 aliphatic rings. The molecule has 1 aromatic rings. The van der Waals surface area contributed by atoms with Gasteiger partial charge in [-0.3, -0.25) is 4.79 Å². The van der Waals surface area contributed by atoms with Crippen molar-refractivity contribution in [3.8, 4) is 5.75 Å². The van der Waals surface area contributed by atoms with E-state index in [0.29, 0.717) is 12.2 Å². The van der Waals surface area contributed by atoms with E-state index in [0.717, 1.165) is 18.4 Å². The van der Waals surface area contributed by atoms with E-state index in [9.17, 15) is 9.90 Å². The molecule has 19 heavy (non-hydrogen) atoms. The van der Waals surface area contributed by atoms with Crippen molar-refractivity contribution in [2.24, 2.45) is 0 Å². The molecular weight excluding hydrogens is 240 g/mol. The maximum Gasteiger partial charge on any atom is 0.310 e. The van der Waals surface area contributed by atoms with Gasteiger partial charge in [0.25, 0.3) is 0 Å². The molecule has 0 radical (unpaired) electrons. The molecule has 0 fully saturated rings. The summed E-state index contributed by atoms with van der Waals surface area (Å²) in [6.45, 7) is 4.34. The number of unbranched alkanes of at least 4 members (excludes halogenated alkanes) is 3. The van der Waals surface area contributed by atoms with Gasteiger partial charge in [0.05, 0.1) is 13.0 Å². The summed E-state index contributed by atoms with van der Waals surface area (Å²) in [5.74, 6) is -0.102. The van der Waals surface area contributed by atoms with Crippen LogP contribution in [-0.4, -0.2) is 17.7 Å². The van der Waals surface area contributed by atoms with Crippen molar-refractivity contribution in [1.29, 1.82) is 0 Å². The Bertz CT molecular complexity index is 399. The number of ether oxygens (including phenoxy) is 1. The zero-order chi connectivity index (χ0) is 14.1. The number of esters is 1. The fourth-order valence-corrected chi connectivity index (χ4v) is 2.04. The van der Waals surface area contributed by atoms with Gasteiger partial charge in [0.2, 0.25) is 0 Å². The summed E-state index contributed by atoms with van der Waals surface area (Å²) < 4.78 is 4.87. The van der Waals surface area contributed by atoms with Crippen LogP contribution in [0.5, 0.6) is 5.75 Å². The lowest BCUT2D eigenvalue weighted by atomic mass is 10.0. The molecule has 0 aliphatic carbocycles. The van der Waals surface area contributed by atoms with Crippen LogP contribution in [0, 0.1) is 0 Å². The Balaban J connectivity index is 2.51. The number of aromatic hydroxyl groups is 1. The summed E-state index contributed by atoms with van der Waals surface area (Å²) in [6, 6.07) is 5.57. The lowest BCUT2D eigenvalue weighted by Crippen LogP contribution is -2.07. The fraction of sp³-hybridized carbons (Fsp3) is 0.562. The lowest BCUT2D eigenvalue weighted by Gasteiger charge is -2.07. The predicted molar refractivity (Wildman–Crippen MR) is 76.3 cm³/mol. The zero-order valence-corrected chi connectivity index (χ0v) is 11.9. The second kappa shape index (κ2) is 8.57. The highest BCUT2D eigenvalue weighted by Gasteiger charge is 2.09. The predicted octanol–water partition coefficient (Wildman–Crippen LogP) is 3.62. The Labute approximate surface area is 115 Å². The Kier molecular flexibility index (Phi) is 7.01. The smallest absolute Gasteiger partial charge is 0.310 e. The maximum atomic E-state index is 11.4. The molecule has 0 aliphatic heterocycles. The number of phenolic OH excluding ortho intramolecular Hbond substituents is 1. The molecule has 0 saturated heterocycles. The van der Waals surface area contributed by atoms with Crippen LogP contribution in [0.2, 0.25) is 0 Å². The minimum Gasteiger partial charge on any atom is -0.508 e. The van der Waals surface area contributed by atoms with E-state index >= 15 is 0 Å². The zero-order valence-electron chi connectivity index (χ0n) is 11.9. The molecule has 1 aromatic carbocycles. The molecule has 0 heterocycles. The van der Waals surface area contributed by atoms with E-state index in [1.54, 1.807) is 13.0 Å². The van der Waals surface area contributed by atoms with Crippen LogP contribution in [0.1, 0.15) is 50.7 Å². The molecule has 0 unspecified atom stereocenters. The first-order valence-electron chi connectivity index (χ1n) is 7.13. The largest absolute Gasteiger partial charge is 0.508 e. The molecule has 0 atom stereocenters. The Hall–Kier alpha value is -1.51. The molecule has 3 nitrogen and oxygen atoms in total. The molecule has 1 rings (SSSR count). The first-order chi connectivity index (χ1) is 9.17. The van der Waals surface area contributed by atoms with E-state index in [4.69, 9.17) is 4.74 Å². The number of rotatable bonds is 8. The van der Waals surface area contributed by atoms with Gasteiger partial charge in [-0.1, -0.05) is 38.3 Å². The topological polar surface area (TPSA) is 46.5 Å². The van der Waals surface area contributed by atoms with Gasteiger partial charge < -0.3 is 9.84 Å². The molecule has 0 saturated carbocycles. The number of hydrogen-bond acceptors (Lipinski definition) is 3. The van der Waals surface area contributed by atoms with Gasteiger partial charge in [0.15, 0.2) is 0 Å². The van der Waals surface area contributed by atoms with Crippen molar-refractivity contribution in [3.05, 3.63) is 29.3 Å². The SMILES string of the molecule is CCCCCCc1ccc(CC(=O)OCC)c(O)c1. The Morgan fingerprint density at radius 2 is 2.00 bits per heavy atom. The summed E-state index contributed by atoms with van der Waals surface area (Å²) in [5, 5.41) is 9.90. The summed E-state index contributed by atoms with van der Waals surface area (Å²) in [6.07, 6.45) is 5.96. The second-order valence-corrected chi connectivity index (χ2v) is 4.76. The molecule has 3 heteroatoms. The van der Waals surface area contributed by atoms with E-state index in [-0.39, 0.29) is 18.1 Å². The Morgan fingerprint density at radius 1 is 1.21 bits per heavy atom. The van der Waals surface area contributed by atoms with Crippen LogP contribution in [0.3, 0.4) is 0 Å². The van der Waals surface area contributed by atoms with Crippen LogP contribution >= 0.6 is 0 Å². The number of carbonyl (C=O) groups is 1. The third-order valence-corrected chi connectivity index (χ3v) is 3.11. The van der Waals surface area contributed by atoms with Gasteiger partial charge in [0, 0.05) is 5.56 Å². The van der Waals surface area contributed by atoms with Crippen molar-refractivity contribution in [2.75, 3.05) is 6.61 Å². The van der Waals surface area contributed by atoms with Crippen molar-refractivity contribution >= 4 is 5.97 Å². The highest BCUT2D eigenvalue weighted by molar-refractivity contribution is 5.73. The van der Waals surface area contributed by atoms with Gasteiger partial charge in [-0.15, -0.1) is 0 Å².